The van der Waals surface area contributed by atoms with Crippen LogP contribution in [0.3, 0.4) is 0 Å². The first-order chi connectivity index (χ1) is 13.6. The Morgan fingerprint density at radius 2 is 1.37 bits per heavy atom. The molecule has 30 heavy (non-hydrogen) atoms. The molecular formula is C21H28ClF2NO5. The molecule has 1 amide bonds. The number of carboxylic acids is 1. The van der Waals surface area contributed by atoms with Gasteiger partial charge < -0.3 is 9.84 Å². The van der Waals surface area contributed by atoms with Crippen LogP contribution in [0.1, 0.15) is 38.8 Å². The molecule has 0 fully saturated rings. The average molecular weight is 448 g/mol. The molecule has 1 N–H and O–H groups in total. The van der Waals surface area contributed by atoms with Crippen LogP contribution in [0.15, 0.2) is 36.4 Å². The van der Waals surface area contributed by atoms with Crippen LogP contribution in [0.2, 0.25) is 0 Å². The van der Waals surface area contributed by atoms with Gasteiger partial charge in [-0.1, -0.05) is 12.1 Å². The van der Waals surface area contributed by atoms with E-state index in [9.17, 15) is 18.4 Å². The molecule has 6 nitrogen and oxygen atoms in total. The Morgan fingerprint density at radius 3 is 1.70 bits per heavy atom. The van der Waals surface area contributed by atoms with Gasteiger partial charge in [0.1, 0.15) is 11.6 Å². The van der Waals surface area contributed by atoms with E-state index in [1.165, 1.54) is 51.4 Å². The molecule has 0 aromatic heterocycles. The number of carbonyl (C=O) groups excluding carboxylic acids is 1. The van der Waals surface area contributed by atoms with Crippen LogP contribution < -0.4 is 0 Å². The van der Waals surface area contributed by atoms with E-state index in [4.69, 9.17) is 9.94 Å². The van der Waals surface area contributed by atoms with Gasteiger partial charge in [-0.15, -0.1) is 12.4 Å². The third-order valence-corrected chi connectivity index (χ3v) is 3.84. The summed E-state index contributed by atoms with van der Waals surface area (Å²) in [6.07, 6.45) is 0. The van der Waals surface area contributed by atoms with Crippen LogP contribution in [0.5, 0.6) is 0 Å². The molecule has 2 rings (SSSR count). The van der Waals surface area contributed by atoms with Crippen molar-refractivity contribution in [2.45, 2.75) is 20.8 Å². The van der Waals surface area contributed by atoms with Crippen molar-refractivity contribution < 1.29 is 33.1 Å². The standard InChI is InChI=1S/C10H12FNO2.C8H7FO2.C3H8O.ClH/c1-7-8(5-4-6-9(7)11)10(13)12(2)14-3;1-5-6(8(10)11)3-2-4-7(5)9;1-3-4-2;/h4-6H,1-3H3;2-4H,1H3,(H,10,11);3H2,1-2H3;1H. The first-order valence-electron chi connectivity index (χ1n) is 8.66. The zero-order valence-electron chi connectivity index (χ0n) is 17.9. The van der Waals surface area contributed by atoms with Gasteiger partial charge in [-0.2, -0.15) is 0 Å². The number of carbonyl (C=O) groups is 2. The summed E-state index contributed by atoms with van der Waals surface area (Å²) in [7, 11) is 4.54. The number of carboxylic acid groups (broad SMARTS) is 1. The van der Waals surface area contributed by atoms with E-state index in [0.29, 0.717) is 11.1 Å². The minimum atomic E-state index is -1.10. The lowest BCUT2D eigenvalue weighted by molar-refractivity contribution is -0.0757. The van der Waals surface area contributed by atoms with E-state index in [1.807, 2.05) is 6.92 Å². The highest BCUT2D eigenvalue weighted by Gasteiger charge is 2.15. The molecule has 0 aliphatic rings. The number of hydroxylamine groups is 2. The van der Waals surface area contributed by atoms with Crippen LogP contribution >= 0.6 is 12.4 Å². The maximum Gasteiger partial charge on any atom is 0.336 e. The van der Waals surface area contributed by atoms with E-state index < -0.39 is 11.8 Å². The van der Waals surface area contributed by atoms with Crippen LogP contribution in [0.4, 0.5) is 8.78 Å². The zero-order chi connectivity index (χ0) is 22.6. The number of benzene rings is 2. The number of aromatic carboxylic acids is 1. The normalized spacial score (nSPS) is 9.20. The lowest BCUT2D eigenvalue weighted by atomic mass is 10.1. The van der Waals surface area contributed by atoms with E-state index >= 15 is 0 Å². The summed E-state index contributed by atoms with van der Waals surface area (Å²) in [4.78, 5) is 26.7. The minimum absolute atomic E-state index is 0. The second-order valence-electron chi connectivity index (χ2n) is 5.69. The van der Waals surface area contributed by atoms with Crippen LogP contribution in [-0.4, -0.2) is 49.9 Å². The average Bonchev–Trinajstić information content (AvgIpc) is 2.71. The first kappa shape index (κ1) is 29.6. The number of ether oxygens (including phenoxy) is 1. The third-order valence-electron chi connectivity index (χ3n) is 3.84. The van der Waals surface area contributed by atoms with Gasteiger partial charge in [0.05, 0.1) is 12.7 Å². The van der Waals surface area contributed by atoms with Crippen molar-refractivity contribution in [1.82, 2.24) is 5.06 Å². The molecule has 0 spiro atoms. The fraction of sp³-hybridized carbons (Fsp3) is 0.333. The Balaban J connectivity index is 0. The number of rotatable bonds is 4. The molecule has 0 saturated carbocycles. The van der Waals surface area contributed by atoms with Crippen LogP contribution in [0, 0.1) is 25.5 Å². The third kappa shape index (κ3) is 9.30. The molecule has 0 bridgehead atoms. The van der Waals surface area contributed by atoms with Crippen molar-refractivity contribution in [3.05, 3.63) is 70.3 Å². The first-order valence-corrected chi connectivity index (χ1v) is 8.66. The number of hydrogen-bond donors (Lipinski definition) is 1. The molecule has 0 saturated heterocycles. The summed E-state index contributed by atoms with van der Waals surface area (Å²) in [5, 5.41) is 9.58. The molecule has 2 aromatic carbocycles. The Hall–Kier alpha value is -2.55. The Labute approximate surface area is 181 Å². The Kier molecular flexibility index (Phi) is 15.1. The van der Waals surface area contributed by atoms with Gasteiger partial charge in [0, 0.05) is 26.3 Å². The van der Waals surface area contributed by atoms with Crippen molar-refractivity contribution in [3.8, 4) is 0 Å². The highest BCUT2D eigenvalue weighted by atomic mass is 35.5. The number of hydrogen-bond acceptors (Lipinski definition) is 4. The summed E-state index contributed by atoms with van der Waals surface area (Å²) in [5.41, 5.74) is 0.848. The van der Waals surface area contributed by atoms with Crippen molar-refractivity contribution in [2.75, 3.05) is 27.9 Å². The van der Waals surface area contributed by atoms with Gasteiger partial charge in [-0.3, -0.25) is 9.63 Å². The highest BCUT2D eigenvalue weighted by molar-refractivity contribution is 5.94. The maximum atomic E-state index is 13.1. The molecule has 0 unspecified atom stereocenters. The molecule has 9 heteroatoms. The van der Waals surface area contributed by atoms with E-state index in [-0.39, 0.29) is 35.3 Å². The SMILES string of the molecule is CCOC.CON(C)C(=O)c1cccc(F)c1C.Cc1c(F)cccc1C(=O)O.Cl. The summed E-state index contributed by atoms with van der Waals surface area (Å²) in [6, 6.07) is 8.38. The van der Waals surface area contributed by atoms with Gasteiger partial charge in [0.25, 0.3) is 5.91 Å². The van der Waals surface area contributed by atoms with Crippen molar-refractivity contribution in [1.29, 1.82) is 0 Å². The van der Waals surface area contributed by atoms with Crippen molar-refractivity contribution in [2.24, 2.45) is 0 Å². The molecule has 0 aliphatic carbocycles. The molecule has 0 radical (unpaired) electrons. The largest absolute Gasteiger partial charge is 0.478 e. The van der Waals surface area contributed by atoms with Gasteiger partial charge >= 0.3 is 5.97 Å². The highest BCUT2D eigenvalue weighted by Crippen LogP contribution is 2.14. The summed E-state index contributed by atoms with van der Waals surface area (Å²) >= 11 is 0. The van der Waals surface area contributed by atoms with E-state index in [1.54, 1.807) is 20.1 Å². The fourth-order valence-corrected chi connectivity index (χ4v) is 1.93. The lowest BCUT2D eigenvalue weighted by Crippen LogP contribution is -2.26. The predicted octanol–water partition coefficient (Wildman–Crippen LogP) is 4.67. The minimum Gasteiger partial charge on any atom is -0.478 e. The van der Waals surface area contributed by atoms with Crippen molar-refractivity contribution in [3.63, 3.8) is 0 Å². The molecule has 168 valence electrons. The number of halogens is 3. The number of amides is 1. The fourth-order valence-electron chi connectivity index (χ4n) is 1.93. The number of methoxy groups -OCH3 is 1. The summed E-state index contributed by atoms with van der Waals surface area (Å²) in [6.45, 7) is 5.78. The number of nitrogens with zero attached hydrogens (tertiary/aromatic N) is 1. The molecule has 0 atom stereocenters. The topological polar surface area (TPSA) is 76.1 Å². The smallest absolute Gasteiger partial charge is 0.336 e. The molecule has 0 aliphatic heterocycles. The summed E-state index contributed by atoms with van der Waals surface area (Å²) in [5.74, 6) is -2.32. The quantitative estimate of drug-likeness (QED) is 0.689. The van der Waals surface area contributed by atoms with Gasteiger partial charge in [0.15, 0.2) is 0 Å². The molecule has 0 heterocycles. The van der Waals surface area contributed by atoms with Gasteiger partial charge in [-0.05, 0) is 56.2 Å². The lowest BCUT2D eigenvalue weighted by Gasteiger charge is -2.14. The molecular weight excluding hydrogens is 420 g/mol. The van der Waals surface area contributed by atoms with Crippen molar-refractivity contribution >= 4 is 24.3 Å². The monoisotopic (exact) mass is 447 g/mol. The van der Waals surface area contributed by atoms with E-state index in [0.717, 1.165) is 11.7 Å². The van der Waals surface area contributed by atoms with Crippen LogP contribution in [-0.2, 0) is 9.57 Å². The predicted molar refractivity (Wildman–Crippen MR) is 113 cm³/mol. The Bertz CT molecular complexity index is 816. The second kappa shape index (κ2) is 15.3. The summed E-state index contributed by atoms with van der Waals surface area (Å²) < 4.78 is 30.3. The zero-order valence-corrected chi connectivity index (χ0v) is 18.7. The maximum absolute atomic E-state index is 13.1. The molecule has 2 aromatic rings. The second-order valence-corrected chi connectivity index (χ2v) is 5.69. The van der Waals surface area contributed by atoms with Crippen LogP contribution in [0.25, 0.3) is 0 Å². The van der Waals surface area contributed by atoms with E-state index in [2.05, 4.69) is 4.74 Å². The Morgan fingerprint density at radius 1 is 0.967 bits per heavy atom. The van der Waals surface area contributed by atoms with Gasteiger partial charge in [-0.25, -0.2) is 18.6 Å². The van der Waals surface area contributed by atoms with Gasteiger partial charge in [0.2, 0.25) is 0 Å².